The van der Waals surface area contributed by atoms with E-state index in [1.54, 1.807) is 0 Å². The van der Waals surface area contributed by atoms with Crippen molar-refractivity contribution in [2.24, 2.45) is 0 Å². The van der Waals surface area contributed by atoms with Gasteiger partial charge >= 0.3 is 0 Å². The Hall–Kier alpha value is -1.73. The minimum Gasteiger partial charge on any atom is -0.272 e. The standard InChI is InChI=1S/C17H20BrN5S/c1-10-7-5-6-8-14(10)23-16(19-20-17(23)24)11(2)9-22-13(4)15(18)12(3)21-22/h5-8,11H,9H2,1-4H3,(H,20,24). The lowest BCUT2D eigenvalue weighted by Crippen LogP contribution is -2.14. The summed E-state index contributed by atoms with van der Waals surface area (Å²) in [5.74, 6) is 1.07. The summed E-state index contributed by atoms with van der Waals surface area (Å²) >= 11 is 9.05. The number of para-hydroxylation sites is 1. The zero-order valence-corrected chi connectivity index (χ0v) is 16.6. The Labute approximate surface area is 154 Å². The first kappa shape index (κ1) is 17.1. The Kier molecular flexibility index (Phi) is 4.73. The summed E-state index contributed by atoms with van der Waals surface area (Å²) < 4.78 is 5.72. The number of benzene rings is 1. The number of aromatic amines is 1. The molecular formula is C17H20BrN5S. The molecule has 1 N–H and O–H groups in total. The summed E-state index contributed by atoms with van der Waals surface area (Å²) in [4.78, 5) is 0. The lowest BCUT2D eigenvalue weighted by atomic mass is 10.1. The highest BCUT2D eigenvalue weighted by Gasteiger charge is 2.19. The molecule has 0 amide bonds. The highest BCUT2D eigenvalue weighted by Crippen LogP contribution is 2.25. The molecule has 0 bridgehead atoms. The van der Waals surface area contributed by atoms with Crippen molar-refractivity contribution < 1.29 is 0 Å². The largest absolute Gasteiger partial charge is 0.272 e. The van der Waals surface area contributed by atoms with Crippen LogP contribution in [0.25, 0.3) is 5.69 Å². The molecule has 126 valence electrons. The number of hydrogen-bond acceptors (Lipinski definition) is 3. The van der Waals surface area contributed by atoms with Crippen molar-refractivity contribution in [3.05, 3.63) is 56.3 Å². The van der Waals surface area contributed by atoms with E-state index < -0.39 is 0 Å². The molecule has 0 aliphatic carbocycles. The summed E-state index contributed by atoms with van der Waals surface area (Å²) in [7, 11) is 0. The molecule has 0 spiro atoms. The minimum absolute atomic E-state index is 0.155. The van der Waals surface area contributed by atoms with Gasteiger partial charge in [-0.2, -0.15) is 10.2 Å². The van der Waals surface area contributed by atoms with Crippen molar-refractivity contribution in [3.63, 3.8) is 0 Å². The van der Waals surface area contributed by atoms with E-state index in [-0.39, 0.29) is 5.92 Å². The summed E-state index contributed by atoms with van der Waals surface area (Å²) in [6, 6.07) is 8.19. The second-order valence-electron chi connectivity index (χ2n) is 6.08. The summed E-state index contributed by atoms with van der Waals surface area (Å²) in [5, 5.41) is 12.0. The maximum atomic E-state index is 5.46. The first-order valence-corrected chi connectivity index (χ1v) is 9.03. The second-order valence-corrected chi connectivity index (χ2v) is 7.26. The number of rotatable bonds is 4. The van der Waals surface area contributed by atoms with Crippen LogP contribution in [0, 0.1) is 25.5 Å². The number of halogens is 1. The van der Waals surface area contributed by atoms with Crippen LogP contribution in [-0.4, -0.2) is 24.5 Å². The topological polar surface area (TPSA) is 51.4 Å². The fourth-order valence-electron chi connectivity index (χ4n) is 2.88. The molecule has 5 nitrogen and oxygen atoms in total. The molecule has 1 atom stereocenters. The molecule has 2 heterocycles. The van der Waals surface area contributed by atoms with Crippen molar-refractivity contribution >= 4 is 28.1 Å². The number of hydrogen-bond donors (Lipinski definition) is 1. The molecule has 0 radical (unpaired) electrons. The van der Waals surface area contributed by atoms with Crippen LogP contribution in [0.1, 0.15) is 35.6 Å². The van der Waals surface area contributed by atoms with Gasteiger partial charge < -0.3 is 0 Å². The Bertz CT molecular complexity index is 937. The second kappa shape index (κ2) is 6.64. The van der Waals surface area contributed by atoms with Crippen LogP contribution in [-0.2, 0) is 6.54 Å². The number of nitrogens with zero attached hydrogens (tertiary/aromatic N) is 4. The Morgan fingerprint density at radius 1 is 1.25 bits per heavy atom. The van der Waals surface area contributed by atoms with Crippen LogP contribution < -0.4 is 0 Å². The van der Waals surface area contributed by atoms with Gasteiger partial charge in [0, 0.05) is 11.6 Å². The Morgan fingerprint density at radius 2 is 1.96 bits per heavy atom. The normalized spacial score (nSPS) is 12.5. The predicted octanol–water partition coefficient (Wildman–Crippen LogP) is 4.62. The number of H-pyrrole nitrogens is 1. The van der Waals surface area contributed by atoms with E-state index in [0.717, 1.165) is 39.5 Å². The number of aromatic nitrogens is 5. The third-order valence-electron chi connectivity index (χ3n) is 4.24. The lowest BCUT2D eigenvalue weighted by Gasteiger charge is -2.15. The fraction of sp³-hybridized carbons (Fsp3) is 0.353. The third kappa shape index (κ3) is 2.98. The van der Waals surface area contributed by atoms with Crippen LogP contribution in [0.3, 0.4) is 0 Å². The smallest absolute Gasteiger partial charge is 0.199 e. The SMILES string of the molecule is Cc1ccccc1-n1c(C(C)Cn2nc(C)c(Br)c2C)n[nH]c1=S. The van der Waals surface area contributed by atoms with Gasteiger partial charge in [-0.15, -0.1) is 0 Å². The van der Waals surface area contributed by atoms with Crippen LogP contribution in [0.2, 0.25) is 0 Å². The molecule has 0 fully saturated rings. The van der Waals surface area contributed by atoms with Crippen LogP contribution in [0.4, 0.5) is 0 Å². The maximum Gasteiger partial charge on any atom is 0.199 e. The zero-order chi connectivity index (χ0) is 17.4. The van der Waals surface area contributed by atoms with E-state index in [2.05, 4.69) is 64.1 Å². The number of nitrogens with one attached hydrogen (secondary N) is 1. The molecular weight excluding hydrogens is 386 g/mol. The van der Waals surface area contributed by atoms with Gasteiger partial charge in [-0.25, -0.2) is 0 Å². The van der Waals surface area contributed by atoms with Gasteiger partial charge in [-0.3, -0.25) is 14.3 Å². The fourth-order valence-corrected chi connectivity index (χ4v) is 3.40. The Morgan fingerprint density at radius 3 is 2.58 bits per heavy atom. The molecule has 0 aliphatic heterocycles. The molecule has 24 heavy (non-hydrogen) atoms. The van der Waals surface area contributed by atoms with Crippen LogP contribution in [0.5, 0.6) is 0 Å². The molecule has 0 aliphatic rings. The van der Waals surface area contributed by atoms with Crippen LogP contribution in [0.15, 0.2) is 28.7 Å². The summed E-state index contributed by atoms with van der Waals surface area (Å²) in [6.07, 6.45) is 0. The van der Waals surface area contributed by atoms with E-state index in [1.807, 2.05) is 28.3 Å². The molecule has 7 heteroatoms. The first-order chi connectivity index (χ1) is 11.4. The molecule has 0 saturated heterocycles. The van der Waals surface area contributed by atoms with Gasteiger partial charge in [0.2, 0.25) is 0 Å². The van der Waals surface area contributed by atoms with Gasteiger partial charge in [-0.1, -0.05) is 25.1 Å². The molecule has 1 unspecified atom stereocenters. The van der Waals surface area contributed by atoms with Gasteiger partial charge in [0.25, 0.3) is 0 Å². The van der Waals surface area contributed by atoms with Gasteiger partial charge in [0.15, 0.2) is 4.77 Å². The first-order valence-electron chi connectivity index (χ1n) is 7.83. The third-order valence-corrected chi connectivity index (χ3v) is 5.66. The minimum atomic E-state index is 0.155. The Balaban J connectivity index is 2.00. The van der Waals surface area contributed by atoms with Crippen LogP contribution >= 0.6 is 28.1 Å². The van der Waals surface area contributed by atoms with Crippen molar-refractivity contribution in [2.45, 2.75) is 40.2 Å². The average Bonchev–Trinajstić information content (AvgIpc) is 3.04. The van der Waals surface area contributed by atoms with Crippen molar-refractivity contribution in [2.75, 3.05) is 0 Å². The number of aryl methyl sites for hydroxylation is 2. The van der Waals surface area contributed by atoms with Gasteiger partial charge in [-0.05, 0) is 60.5 Å². The molecule has 1 aromatic carbocycles. The maximum absolute atomic E-state index is 5.46. The quantitative estimate of drug-likeness (QED) is 0.644. The molecule has 3 rings (SSSR count). The highest BCUT2D eigenvalue weighted by molar-refractivity contribution is 9.10. The monoisotopic (exact) mass is 405 g/mol. The van der Waals surface area contributed by atoms with E-state index in [4.69, 9.17) is 12.2 Å². The van der Waals surface area contributed by atoms with E-state index in [0.29, 0.717) is 4.77 Å². The lowest BCUT2D eigenvalue weighted by molar-refractivity contribution is 0.506. The van der Waals surface area contributed by atoms with E-state index >= 15 is 0 Å². The van der Waals surface area contributed by atoms with Crippen molar-refractivity contribution in [3.8, 4) is 5.69 Å². The van der Waals surface area contributed by atoms with Crippen molar-refractivity contribution in [1.82, 2.24) is 24.5 Å². The predicted molar refractivity (Wildman–Crippen MR) is 101 cm³/mol. The van der Waals surface area contributed by atoms with Gasteiger partial charge in [0.1, 0.15) is 5.82 Å². The van der Waals surface area contributed by atoms with Gasteiger partial charge in [0.05, 0.1) is 22.4 Å². The summed E-state index contributed by atoms with van der Waals surface area (Å²) in [6.45, 7) is 9.03. The van der Waals surface area contributed by atoms with Crippen molar-refractivity contribution in [1.29, 1.82) is 0 Å². The molecule has 3 aromatic rings. The zero-order valence-electron chi connectivity index (χ0n) is 14.2. The van der Waals surface area contributed by atoms with E-state index in [9.17, 15) is 0 Å². The average molecular weight is 406 g/mol. The molecule has 2 aromatic heterocycles. The molecule has 0 saturated carbocycles. The van der Waals surface area contributed by atoms with E-state index in [1.165, 1.54) is 0 Å². The summed E-state index contributed by atoms with van der Waals surface area (Å²) in [5.41, 5.74) is 4.35. The highest BCUT2D eigenvalue weighted by atomic mass is 79.9.